The average molecular weight is 230 g/mol. The maximum Gasteiger partial charge on any atom is 0.162 e. The lowest BCUT2D eigenvalue weighted by Crippen LogP contribution is -2.34. The number of nitrogens with two attached hydrogens (primary N) is 1. The van der Waals surface area contributed by atoms with Crippen LogP contribution in [0, 0.1) is 0 Å². The van der Waals surface area contributed by atoms with E-state index in [1.807, 2.05) is 19.9 Å². The van der Waals surface area contributed by atoms with E-state index < -0.39 is 0 Å². The smallest absolute Gasteiger partial charge is 0.162 e. The first-order chi connectivity index (χ1) is 7.01. The molecule has 1 aromatic rings. The number of ether oxygens (including phenoxy) is 1. The molecular weight excluding hydrogens is 212 g/mol. The molecule has 0 amide bonds. The van der Waals surface area contributed by atoms with Crippen LogP contribution < -0.4 is 5.73 Å². The van der Waals surface area contributed by atoms with Gasteiger partial charge in [-0.1, -0.05) is 5.16 Å². The van der Waals surface area contributed by atoms with Gasteiger partial charge in [0.1, 0.15) is 6.61 Å². The minimum atomic E-state index is -0.135. The molecule has 0 atom stereocenters. The fourth-order valence-corrected chi connectivity index (χ4v) is 2.03. The maximum atomic E-state index is 5.87. The highest BCUT2D eigenvalue weighted by Crippen LogP contribution is 2.16. The second-order valence-electron chi connectivity index (χ2n) is 4.20. The molecule has 0 bridgehead atoms. The van der Waals surface area contributed by atoms with E-state index >= 15 is 0 Å². The molecule has 86 valence electrons. The fourth-order valence-electron chi connectivity index (χ4n) is 1.05. The Morgan fingerprint density at radius 2 is 2.33 bits per heavy atom. The third-order valence-corrected chi connectivity index (χ3v) is 3.07. The number of aromatic nitrogens is 1. The van der Waals surface area contributed by atoms with E-state index in [2.05, 4.69) is 5.16 Å². The average Bonchev–Trinajstić information content (AvgIpc) is 2.51. The van der Waals surface area contributed by atoms with Crippen LogP contribution in [0.15, 0.2) is 10.6 Å². The van der Waals surface area contributed by atoms with Gasteiger partial charge < -0.3 is 15.0 Å². The second-order valence-corrected chi connectivity index (χ2v) is 5.18. The summed E-state index contributed by atoms with van der Waals surface area (Å²) in [5.74, 6) is 2.49. The molecule has 0 saturated carbocycles. The molecule has 0 saturated heterocycles. The van der Waals surface area contributed by atoms with Gasteiger partial charge in [0.25, 0.3) is 0 Å². The van der Waals surface area contributed by atoms with Crippen LogP contribution in [0.3, 0.4) is 0 Å². The monoisotopic (exact) mass is 230 g/mol. The molecule has 2 N–H and O–H groups in total. The van der Waals surface area contributed by atoms with Crippen LogP contribution in [-0.2, 0) is 17.1 Å². The predicted molar refractivity (Wildman–Crippen MR) is 61.6 cm³/mol. The number of rotatable bonds is 6. The Kier molecular flexibility index (Phi) is 4.63. The number of hydrogen-bond donors (Lipinski definition) is 1. The zero-order chi connectivity index (χ0) is 11.3. The SMILES string of the molecule is COCc1cc(CSCC(C)(C)N)no1. The van der Waals surface area contributed by atoms with Gasteiger partial charge >= 0.3 is 0 Å². The predicted octanol–water partition coefficient (Wildman–Crippen LogP) is 1.79. The molecule has 0 aromatic carbocycles. The van der Waals surface area contributed by atoms with E-state index in [0.29, 0.717) is 6.61 Å². The van der Waals surface area contributed by atoms with Gasteiger partial charge in [-0.05, 0) is 13.8 Å². The normalized spacial score (nSPS) is 12.0. The Labute approximate surface area is 94.5 Å². The molecule has 0 spiro atoms. The summed E-state index contributed by atoms with van der Waals surface area (Å²) in [6.45, 7) is 4.50. The van der Waals surface area contributed by atoms with E-state index in [-0.39, 0.29) is 5.54 Å². The van der Waals surface area contributed by atoms with Crippen molar-refractivity contribution in [2.45, 2.75) is 31.7 Å². The molecule has 15 heavy (non-hydrogen) atoms. The van der Waals surface area contributed by atoms with Gasteiger partial charge in [-0.15, -0.1) is 0 Å². The lowest BCUT2D eigenvalue weighted by atomic mass is 10.1. The first-order valence-corrected chi connectivity index (χ1v) is 5.97. The summed E-state index contributed by atoms with van der Waals surface area (Å²) in [7, 11) is 1.63. The first kappa shape index (κ1) is 12.5. The highest BCUT2D eigenvalue weighted by molar-refractivity contribution is 7.98. The van der Waals surface area contributed by atoms with Gasteiger partial charge in [-0.2, -0.15) is 11.8 Å². The highest BCUT2D eigenvalue weighted by atomic mass is 32.2. The van der Waals surface area contributed by atoms with Crippen LogP contribution in [0.25, 0.3) is 0 Å². The topological polar surface area (TPSA) is 61.3 Å². The molecule has 5 heteroatoms. The highest BCUT2D eigenvalue weighted by Gasteiger charge is 2.11. The van der Waals surface area contributed by atoms with Crippen molar-refractivity contribution >= 4 is 11.8 Å². The quantitative estimate of drug-likeness (QED) is 0.807. The molecule has 0 fully saturated rings. The number of methoxy groups -OCH3 is 1. The van der Waals surface area contributed by atoms with Crippen molar-refractivity contribution in [2.75, 3.05) is 12.9 Å². The summed E-state index contributed by atoms with van der Waals surface area (Å²) in [5, 5.41) is 3.94. The summed E-state index contributed by atoms with van der Waals surface area (Å²) in [4.78, 5) is 0. The fraction of sp³-hybridized carbons (Fsp3) is 0.700. The summed E-state index contributed by atoms with van der Waals surface area (Å²) < 4.78 is 10.0. The van der Waals surface area contributed by atoms with Crippen LogP contribution >= 0.6 is 11.8 Å². The van der Waals surface area contributed by atoms with Gasteiger partial charge in [-0.25, -0.2) is 0 Å². The minimum absolute atomic E-state index is 0.135. The Hall–Kier alpha value is -0.520. The van der Waals surface area contributed by atoms with Crippen molar-refractivity contribution in [3.8, 4) is 0 Å². The molecule has 0 unspecified atom stereocenters. The summed E-state index contributed by atoms with van der Waals surface area (Å²) in [5.41, 5.74) is 6.67. The Bertz CT molecular complexity index is 294. The zero-order valence-electron chi connectivity index (χ0n) is 9.45. The minimum Gasteiger partial charge on any atom is -0.377 e. The number of nitrogens with zero attached hydrogens (tertiary/aromatic N) is 1. The molecule has 0 radical (unpaired) electrons. The van der Waals surface area contributed by atoms with Gasteiger partial charge in [0.15, 0.2) is 5.76 Å². The zero-order valence-corrected chi connectivity index (χ0v) is 10.3. The van der Waals surface area contributed by atoms with E-state index in [4.69, 9.17) is 15.0 Å². The van der Waals surface area contributed by atoms with E-state index in [9.17, 15) is 0 Å². The van der Waals surface area contributed by atoms with Crippen molar-refractivity contribution in [2.24, 2.45) is 5.73 Å². The molecule has 1 rings (SSSR count). The Morgan fingerprint density at radius 3 is 2.93 bits per heavy atom. The van der Waals surface area contributed by atoms with Gasteiger partial charge in [0.05, 0.1) is 5.69 Å². The van der Waals surface area contributed by atoms with E-state index in [1.165, 1.54) is 0 Å². The van der Waals surface area contributed by atoms with Crippen LogP contribution in [-0.4, -0.2) is 23.6 Å². The van der Waals surface area contributed by atoms with E-state index in [1.54, 1.807) is 18.9 Å². The largest absolute Gasteiger partial charge is 0.377 e. The van der Waals surface area contributed by atoms with Crippen molar-refractivity contribution in [1.82, 2.24) is 5.16 Å². The lowest BCUT2D eigenvalue weighted by Gasteiger charge is -2.16. The molecule has 1 heterocycles. The molecule has 0 aliphatic carbocycles. The summed E-state index contributed by atoms with van der Waals surface area (Å²) in [6, 6.07) is 1.92. The van der Waals surface area contributed by atoms with Gasteiger partial charge in [0.2, 0.25) is 0 Å². The van der Waals surface area contributed by atoms with Crippen molar-refractivity contribution in [3.05, 3.63) is 17.5 Å². The van der Waals surface area contributed by atoms with Gasteiger partial charge in [-0.3, -0.25) is 0 Å². The first-order valence-electron chi connectivity index (χ1n) is 4.81. The second kappa shape index (κ2) is 5.53. The summed E-state index contributed by atoms with van der Waals surface area (Å²) >= 11 is 1.76. The van der Waals surface area contributed by atoms with Crippen LogP contribution in [0.4, 0.5) is 0 Å². The molecule has 1 aromatic heterocycles. The standard InChI is InChI=1S/C10H18N2O2S/c1-10(2,11)7-15-6-8-4-9(5-13-3)14-12-8/h4H,5-7,11H2,1-3H3. The third-order valence-electron chi connectivity index (χ3n) is 1.62. The number of thioether (sulfide) groups is 1. The van der Waals surface area contributed by atoms with Crippen LogP contribution in [0.2, 0.25) is 0 Å². The van der Waals surface area contributed by atoms with Crippen LogP contribution in [0.5, 0.6) is 0 Å². The van der Waals surface area contributed by atoms with Crippen molar-refractivity contribution in [1.29, 1.82) is 0 Å². The molecule has 0 aliphatic heterocycles. The molecule has 4 nitrogen and oxygen atoms in total. The van der Waals surface area contributed by atoms with E-state index in [0.717, 1.165) is 23.0 Å². The summed E-state index contributed by atoms with van der Waals surface area (Å²) in [6.07, 6.45) is 0. The van der Waals surface area contributed by atoms with Crippen molar-refractivity contribution in [3.63, 3.8) is 0 Å². The lowest BCUT2D eigenvalue weighted by molar-refractivity contribution is 0.156. The van der Waals surface area contributed by atoms with Crippen molar-refractivity contribution < 1.29 is 9.26 Å². The molecular formula is C10H18N2O2S. The Morgan fingerprint density at radius 1 is 1.60 bits per heavy atom. The van der Waals surface area contributed by atoms with Gasteiger partial charge in [0, 0.05) is 30.2 Å². The van der Waals surface area contributed by atoms with Crippen LogP contribution in [0.1, 0.15) is 25.3 Å². The number of hydrogen-bond acceptors (Lipinski definition) is 5. The maximum absolute atomic E-state index is 5.87. The Balaban J connectivity index is 2.31. The third kappa shape index (κ3) is 5.20. The molecule has 0 aliphatic rings.